The van der Waals surface area contributed by atoms with E-state index in [1.807, 2.05) is 18.2 Å². The lowest BCUT2D eigenvalue weighted by molar-refractivity contribution is -0.174. The van der Waals surface area contributed by atoms with Gasteiger partial charge >= 0.3 is 0 Å². The number of amides is 1. The summed E-state index contributed by atoms with van der Waals surface area (Å²) in [5.74, 6) is 0.555. The number of aromatic nitrogens is 1. The minimum Gasteiger partial charge on any atom is -0.474 e. The van der Waals surface area contributed by atoms with E-state index in [9.17, 15) is 4.79 Å². The van der Waals surface area contributed by atoms with Crippen LogP contribution in [0, 0.1) is 11.3 Å². The molecule has 3 heterocycles. The minimum atomic E-state index is -0.333. The zero-order valence-electron chi connectivity index (χ0n) is 14.3. The van der Waals surface area contributed by atoms with E-state index in [0.717, 1.165) is 12.8 Å². The summed E-state index contributed by atoms with van der Waals surface area (Å²) in [6, 6.07) is 14.5. The second kappa shape index (κ2) is 6.77. The van der Waals surface area contributed by atoms with Gasteiger partial charge in [0.15, 0.2) is 0 Å². The summed E-state index contributed by atoms with van der Waals surface area (Å²) in [5, 5.41) is 8.99. The third-order valence-electron chi connectivity index (χ3n) is 4.86. The largest absolute Gasteiger partial charge is 0.474 e. The first-order valence-electron chi connectivity index (χ1n) is 8.69. The summed E-state index contributed by atoms with van der Waals surface area (Å²) < 4.78 is 12.0. The Morgan fingerprint density at radius 3 is 2.96 bits per heavy atom. The highest BCUT2D eigenvalue weighted by Gasteiger charge is 2.50. The Balaban J connectivity index is 1.38. The second-order valence-electron chi connectivity index (χ2n) is 6.79. The number of hydrogen-bond acceptors (Lipinski definition) is 5. The van der Waals surface area contributed by atoms with Gasteiger partial charge in [-0.25, -0.2) is 4.98 Å². The van der Waals surface area contributed by atoms with Crippen molar-refractivity contribution in [3.05, 3.63) is 59.8 Å². The Bertz CT molecular complexity index is 841. The maximum atomic E-state index is 12.6. The van der Waals surface area contributed by atoms with Crippen LogP contribution in [0.15, 0.2) is 48.7 Å². The maximum absolute atomic E-state index is 12.6. The van der Waals surface area contributed by atoms with Crippen LogP contribution in [0.1, 0.15) is 28.8 Å². The fourth-order valence-electron chi connectivity index (χ4n) is 3.59. The lowest BCUT2D eigenvalue weighted by Gasteiger charge is -2.52. The molecule has 1 amide bonds. The molecule has 1 atom stereocenters. The zero-order valence-corrected chi connectivity index (χ0v) is 14.3. The summed E-state index contributed by atoms with van der Waals surface area (Å²) in [7, 11) is 0. The Morgan fingerprint density at radius 2 is 2.19 bits per heavy atom. The quantitative estimate of drug-likeness (QED) is 0.850. The van der Waals surface area contributed by atoms with Gasteiger partial charge in [-0.3, -0.25) is 4.79 Å². The van der Waals surface area contributed by atoms with E-state index in [0.29, 0.717) is 36.7 Å². The van der Waals surface area contributed by atoms with Crippen molar-refractivity contribution in [3.8, 4) is 11.9 Å². The topological polar surface area (TPSA) is 75.5 Å². The fraction of sp³-hybridized carbons (Fsp3) is 0.350. The summed E-state index contributed by atoms with van der Waals surface area (Å²) >= 11 is 0. The number of nitriles is 1. The summed E-state index contributed by atoms with van der Waals surface area (Å²) in [5.41, 5.74) is 0.694. The Morgan fingerprint density at radius 1 is 1.31 bits per heavy atom. The van der Waals surface area contributed by atoms with Gasteiger partial charge in [0.1, 0.15) is 11.7 Å². The van der Waals surface area contributed by atoms with Crippen LogP contribution in [0.3, 0.4) is 0 Å². The SMILES string of the molecule is N#Cc1cccc(C(=O)N2CC3(CC(Oc4ccccn4)CCO3)C2)c1. The van der Waals surface area contributed by atoms with Crippen molar-refractivity contribution < 1.29 is 14.3 Å². The number of likely N-dealkylation sites (tertiary alicyclic amines) is 1. The van der Waals surface area contributed by atoms with Gasteiger partial charge in [-0.1, -0.05) is 12.1 Å². The number of carbonyl (C=O) groups excluding carboxylic acids is 1. The standard InChI is InChI=1S/C20H19N3O3/c21-12-15-4-3-5-16(10-15)19(24)23-13-20(14-23)11-17(7-9-25-20)26-18-6-1-2-8-22-18/h1-6,8,10,17H,7,9,11,13-14H2. The molecule has 0 aliphatic carbocycles. The molecule has 2 fully saturated rings. The normalized spacial score (nSPS) is 20.9. The predicted octanol–water partition coefficient (Wildman–Crippen LogP) is 2.41. The monoisotopic (exact) mass is 349 g/mol. The highest BCUT2D eigenvalue weighted by molar-refractivity contribution is 5.95. The Labute approximate surface area is 152 Å². The molecule has 0 radical (unpaired) electrons. The Kier molecular flexibility index (Phi) is 4.31. The lowest BCUT2D eigenvalue weighted by Crippen LogP contribution is -2.67. The van der Waals surface area contributed by atoms with Gasteiger partial charge in [0.05, 0.1) is 31.3 Å². The number of benzene rings is 1. The number of pyridine rings is 1. The minimum absolute atomic E-state index is 0.0396. The van der Waals surface area contributed by atoms with Crippen LogP contribution in [0.5, 0.6) is 5.88 Å². The molecule has 6 heteroatoms. The highest BCUT2D eigenvalue weighted by Crippen LogP contribution is 2.36. The second-order valence-corrected chi connectivity index (χ2v) is 6.79. The van der Waals surface area contributed by atoms with Crippen molar-refractivity contribution in [2.45, 2.75) is 24.5 Å². The number of ether oxygens (including phenoxy) is 2. The molecule has 26 heavy (non-hydrogen) atoms. The molecule has 4 rings (SSSR count). The van der Waals surface area contributed by atoms with E-state index in [-0.39, 0.29) is 17.6 Å². The van der Waals surface area contributed by atoms with Crippen molar-refractivity contribution in [2.24, 2.45) is 0 Å². The van der Waals surface area contributed by atoms with Crippen molar-refractivity contribution in [3.63, 3.8) is 0 Å². The van der Waals surface area contributed by atoms with Gasteiger partial charge in [-0.05, 0) is 24.3 Å². The van der Waals surface area contributed by atoms with Gasteiger partial charge in [0, 0.05) is 30.7 Å². The van der Waals surface area contributed by atoms with Gasteiger partial charge in [0.25, 0.3) is 5.91 Å². The highest BCUT2D eigenvalue weighted by atomic mass is 16.5. The first-order chi connectivity index (χ1) is 12.7. The molecule has 0 bridgehead atoms. The smallest absolute Gasteiger partial charge is 0.254 e. The van der Waals surface area contributed by atoms with Crippen LogP contribution in [-0.2, 0) is 4.74 Å². The predicted molar refractivity (Wildman–Crippen MR) is 93.6 cm³/mol. The van der Waals surface area contributed by atoms with Crippen molar-refractivity contribution in [2.75, 3.05) is 19.7 Å². The van der Waals surface area contributed by atoms with Gasteiger partial charge < -0.3 is 14.4 Å². The number of nitrogens with zero attached hydrogens (tertiary/aromatic N) is 3. The van der Waals surface area contributed by atoms with Gasteiger partial charge in [0.2, 0.25) is 5.88 Å². The first kappa shape index (κ1) is 16.6. The maximum Gasteiger partial charge on any atom is 0.254 e. The van der Waals surface area contributed by atoms with Gasteiger partial charge in [-0.2, -0.15) is 5.26 Å². The van der Waals surface area contributed by atoms with Crippen LogP contribution in [-0.4, -0.2) is 47.2 Å². The lowest BCUT2D eigenvalue weighted by atomic mass is 9.84. The molecular weight excluding hydrogens is 330 g/mol. The molecule has 2 aliphatic heterocycles. The number of rotatable bonds is 3. The van der Waals surface area contributed by atoms with Gasteiger partial charge in [-0.15, -0.1) is 0 Å². The average molecular weight is 349 g/mol. The van der Waals surface area contributed by atoms with Crippen LogP contribution >= 0.6 is 0 Å². The van der Waals surface area contributed by atoms with Crippen LogP contribution < -0.4 is 4.74 Å². The molecule has 6 nitrogen and oxygen atoms in total. The van der Waals surface area contributed by atoms with Crippen molar-refractivity contribution in [1.29, 1.82) is 5.26 Å². The third-order valence-corrected chi connectivity index (χ3v) is 4.86. The molecule has 2 aliphatic rings. The molecule has 0 N–H and O–H groups in total. The van der Waals surface area contributed by atoms with Crippen molar-refractivity contribution >= 4 is 5.91 Å². The van der Waals surface area contributed by atoms with Crippen molar-refractivity contribution in [1.82, 2.24) is 9.88 Å². The van der Waals surface area contributed by atoms with E-state index < -0.39 is 0 Å². The van der Waals surface area contributed by atoms with E-state index in [1.54, 1.807) is 35.4 Å². The molecule has 2 aromatic rings. The molecule has 1 aromatic heterocycles. The molecular formula is C20H19N3O3. The fourth-order valence-corrected chi connectivity index (χ4v) is 3.59. The molecule has 1 spiro atoms. The molecule has 132 valence electrons. The van der Waals surface area contributed by atoms with Crippen LogP contribution in [0.25, 0.3) is 0 Å². The van der Waals surface area contributed by atoms with E-state index >= 15 is 0 Å². The Hall–Kier alpha value is -2.91. The molecule has 1 aromatic carbocycles. The number of carbonyl (C=O) groups is 1. The van der Waals surface area contributed by atoms with E-state index in [4.69, 9.17) is 14.7 Å². The summed E-state index contributed by atoms with van der Waals surface area (Å²) in [6.45, 7) is 1.71. The average Bonchev–Trinajstić information content (AvgIpc) is 2.66. The van der Waals surface area contributed by atoms with Crippen LogP contribution in [0.2, 0.25) is 0 Å². The summed E-state index contributed by atoms with van der Waals surface area (Å²) in [6.07, 6.45) is 3.31. The third kappa shape index (κ3) is 3.26. The molecule has 2 saturated heterocycles. The van der Waals surface area contributed by atoms with Crippen LogP contribution in [0.4, 0.5) is 0 Å². The zero-order chi connectivity index (χ0) is 18.0. The molecule has 0 saturated carbocycles. The number of hydrogen-bond donors (Lipinski definition) is 0. The van der Waals surface area contributed by atoms with E-state index in [1.165, 1.54) is 0 Å². The van der Waals surface area contributed by atoms with E-state index in [2.05, 4.69) is 11.1 Å². The summed E-state index contributed by atoms with van der Waals surface area (Å²) in [4.78, 5) is 18.6. The first-order valence-corrected chi connectivity index (χ1v) is 8.69. The molecule has 1 unspecified atom stereocenters.